The smallest absolute Gasteiger partial charge is 0.113 e. The Hall–Kier alpha value is -2.33. The number of H-pyrrole nitrogens is 1. The molecular formula is C17H15ClN4. The number of hydrogen-bond donors (Lipinski definition) is 1. The van der Waals surface area contributed by atoms with Crippen LogP contribution in [0.1, 0.15) is 18.2 Å². The minimum atomic E-state index is 0.0531. The first-order chi connectivity index (χ1) is 10.9. The monoisotopic (exact) mass is 310 g/mol. The average molecular weight is 311 g/mol. The zero-order valence-electron chi connectivity index (χ0n) is 11.9. The van der Waals surface area contributed by atoms with E-state index in [1.54, 1.807) is 0 Å². The summed E-state index contributed by atoms with van der Waals surface area (Å²) in [5.41, 5.74) is 4.16. The van der Waals surface area contributed by atoms with Gasteiger partial charge in [0.15, 0.2) is 0 Å². The van der Waals surface area contributed by atoms with Gasteiger partial charge in [0, 0.05) is 17.1 Å². The number of alkyl halides is 1. The zero-order valence-corrected chi connectivity index (χ0v) is 12.7. The lowest BCUT2D eigenvalue weighted by Gasteiger charge is -2.15. The number of para-hydroxylation sites is 2. The molecule has 0 radical (unpaired) electrons. The van der Waals surface area contributed by atoms with Gasteiger partial charge in [-0.1, -0.05) is 35.5 Å². The molecule has 2 aromatic heterocycles. The predicted molar refractivity (Wildman–Crippen MR) is 89.3 cm³/mol. The normalized spacial score (nSPS) is 13.0. The molecule has 1 atom stereocenters. The van der Waals surface area contributed by atoms with Gasteiger partial charge in [-0.25, -0.2) is 4.68 Å². The Labute approximate surface area is 132 Å². The summed E-state index contributed by atoms with van der Waals surface area (Å²) in [6.45, 7) is 0. The number of hydrogen-bond acceptors (Lipinski definition) is 2. The summed E-state index contributed by atoms with van der Waals surface area (Å²) in [6.07, 6.45) is 0.793. The minimum Gasteiger partial charge on any atom is -0.357 e. The van der Waals surface area contributed by atoms with Gasteiger partial charge >= 0.3 is 0 Å². The van der Waals surface area contributed by atoms with Crippen LogP contribution in [0.2, 0.25) is 0 Å². The average Bonchev–Trinajstić information content (AvgIpc) is 3.16. The molecule has 0 aliphatic rings. The molecule has 4 nitrogen and oxygen atoms in total. The molecule has 0 aliphatic carbocycles. The van der Waals surface area contributed by atoms with Gasteiger partial charge in [-0.2, -0.15) is 0 Å². The third-order valence-electron chi connectivity index (χ3n) is 3.96. The van der Waals surface area contributed by atoms with Crippen LogP contribution in [-0.4, -0.2) is 25.9 Å². The van der Waals surface area contributed by atoms with Gasteiger partial charge in [0.05, 0.1) is 11.6 Å². The lowest BCUT2D eigenvalue weighted by molar-refractivity contribution is 0.501. The molecule has 0 fully saturated rings. The second kappa shape index (κ2) is 5.46. The van der Waals surface area contributed by atoms with E-state index in [2.05, 4.69) is 33.5 Å². The number of nitrogens with zero attached hydrogens (tertiary/aromatic N) is 3. The van der Waals surface area contributed by atoms with Crippen molar-refractivity contribution in [1.29, 1.82) is 0 Å². The van der Waals surface area contributed by atoms with Crippen LogP contribution in [0, 0.1) is 0 Å². The van der Waals surface area contributed by atoms with E-state index in [-0.39, 0.29) is 6.04 Å². The highest BCUT2D eigenvalue weighted by molar-refractivity contribution is 6.17. The molecule has 0 bridgehead atoms. The minimum absolute atomic E-state index is 0.0531. The van der Waals surface area contributed by atoms with Crippen LogP contribution >= 0.6 is 11.6 Å². The Bertz CT molecular complexity index is 891. The van der Waals surface area contributed by atoms with Crippen molar-refractivity contribution >= 4 is 33.5 Å². The molecule has 0 saturated carbocycles. The molecule has 0 amide bonds. The molecule has 110 valence electrons. The Balaban J connectivity index is 1.86. The van der Waals surface area contributed by atoms with Crippen molar-refractivity contribution in [3.05, 3.63) is 60.3 Å². The largest absolute Gasteiger partial charge is 0.357 e. The van der Waals surface area contributed by atoms with Gasteiger partial charge < -0.3 is 4.98 Å². The Morgan fingerprint density at radius 2 is 1.91 bits per heavy atom. The summed E-state index contributed by atoms with van der Waals surface area (Å²) < 4.78 is 1.96. The Kier molecular flexibility index (Phi) is 3.31. The van der Waals surface area contributed by atoms with E-state index in [0.29, 0.717) is 5.88 Å². The zero-order chi connectivity index (χ0) is 14.9. The van der Waals surface area contributed by atoms with E-state index >= 15 is 0 Å². The summed E-state index contributed by atoms with van der Waals surface area (Å²) in [4.78, 5) is 3.49. The van der Waals surface area contributed by atoms with E-state index in [9.17, 15) is 0 Å². The maximum atomic E-state index is 6.04. The summed E-state index contributed by atoms with van der Waals surface area (Å²) in [5.74, 6) is 0.564. The Morgan fingerprint density at radius 3 is 2.77 bits per heavy atom. The first-order valence-corrected chi connectivity index (χ1v) is 7.84. The molecule has 5 heteroatoms. The van der Waals surface area contributed by atoms with Gasteiger partial charge in [0.2, 0.25) is 0 Å². The second-order valence-electron chi connectivity index (χ2n) is 5.33. The van der Waals surface area contributed by atoms with Crippen LogP contribution in [0.3, 0.4) is 0 Å². The Morgan fingerprint density at radius 1 is 1.09 bits per heavy atom. The van der Waals surface area contributed by atoms with Crippen molar-refractivity contribution in [2.75, 3.05) is 5.88 Å². The third-order valence-corrected chi connectivity index (χ3v) is 4.18. The molecule has 0 aliphatic heterocycles. The summed E-state index contributed by atoms with van der Waals surface area (Å²) in [5, 5.41) is 9.80. The van der Waals surface area contributed by atoms with E-state index in [1.807, 2.05) is 41.1 Å². The van der Waals surface area contributed by atoms with Gasteiger partial charge in [-0.05, 0) is 36.1 Å². The molecule has 4 rings (SSSR count). The van der Waals surface area contributed by atoms with Crippen LogP contribution in [0.4, 0.5) is 0 Å². The van der Waals surface area contributed by atoms with Gasteiger partial charge in [0.1, 0.15) is 5.52 Å². The topological polar surface area (TPSA) is 46.5 Å². The van der Waals surface area contributed by atoms with E-state index in [1.165, 1.54) is 5.39 Å². The number of nitrogens with one attached hydrogen (secondary N) is 1. The van der Waals surface area contributed by atoms with Crippen molar-refractivity contribution in [2.45, 2.75) is 12.5 Å². The molecule has 2 heterocycles. The standard InChI is InChI=1S/C17H15ClN4/c18-10-9-17(15-11-12-5-1-2-6-13(12)19-15)22-16-8-4-3-7-14(16)20-21-22/h1-8,11,17,19H,9-10H2. The van der Waals surface area contributed by atoms with E-state index < -0.39 is 0 Å². The summed E-state index contributed by atoms with van der Waals surface area (Å²) >= 11 is 6.04. The van der Waals surface area contributed by atoms with Gasteiger partial charge in [0.25, 0.3) is 0 Å². The summed E-state index contributed by atoms with van der Waals surface area (Å²) in [6, 6.07) is 18.5. The van der Waals surface area contributed by atoms with Crippen molar-refractivity contribution in [3.63, 3.8) is 0 Å². The highest BCUT2D eigenvalue weighted by atomic mass is 35.5. The summed E-state index contributed by atoms with van der Waals surface area (Å²) in [7, 11) is 0. The molecular weight excluding hydrogens is 296 g/mol. The third kappa shape index (κ3) is 2.16. The molecule has 0 saturated heterocycles. The van der Waals surface area contributed by atoms with Crippen molar-refractivity contribution in [3.8, 4) is 0 Å². The van der Waals surface area contributed by atoms with Crippen molar-refractivity contribution in [1.82, 2.24) is 20.0 Å². The molecule has 4 aromatic rings. The number of benzene rings is 2. The maximum Gasteiger partial charge on any atom is 0.113 e. The van der Waals surface area contributed by atoms with E-state index in [0.717, 1.165) is 28.7 Å². The number of aromatic amines is 1. The fourth-order valence-corrected chi connectivity index (χ4v) is 3.11. The highest BCUT2D eigenvalue weighted by Crippen LogP contribution is 2.27. The quantitative estimate of drug-likeness (QED) is 0.576. The fraction of sp³-hybridized carbons (Fsp3) is 0.176. The number of fused-ring (bicyclic) bond motifs is 2. The van der Waals surface area contributed by atoms with Crippen LogP contribution in [0.15, 0.2) is 54.6 Å². The first-order valence-electron chi connectivity index (χ1n) is 7.30. The molecule has 1 N–H and O–H groups in total. The van der Waals surface area contributed by atoms with Crippen molar-refractivity contribution in [2.24, 2.45) is 0 Å². The van der Waals surface area contributed by atoms with Crippen LogP contribution in [0.5, 0.6) is 0 Å². The molecule has 1 unspecified atom stereocenters. The van der Waals surface area contributed by atoms with Crippen LogP contribution < -0.4 is 0 Å². The maximum absolute atomic E-state index is 6.04. The molecule has 22 heavy (non-hydrogen) atoms. The highest BCUT2D eigenvalue weighted by Gasteiger charge is 2.19. The lowest BCUT2D eigenvalue weighted by atomic mass is 10.1. The predicted octanol–water partition coefficient (Wildman–Crippen LogP) is 4.13. The first kappa shape index (κ1) is 13.3. The SMILES string of the molecule is ClCCC(c1cc2ccccc2[nH]1)n1nnc2ccccc21. The van der Waals surface area contributed by atoms with Gasteiger partial charge in [-0.3, -0.25) is 0 Å². The number of rotatable bonds is 4. The lowest BCUT2D eigenvalue weighted by Crippen LogP contribution is -2.13. The van der Waals surface area contributed by atoms with Crippen molar-refractivity contribution < 1.29 is 0 Å². The van der Waals surface area contributed by atoms with Crippen LogP contribution in [-0.2, 0) is 0 Å². The second-order valence-corrected chi connectivity index (χ2v) is 5.71. The van der Waals surface area contributed by atoms with E-state index in [4.69, 9.17) is 11.6 Å². The fourth-order valence-electron chi connectivity index (χ4n) is 2.91. The molecule has 2 aromatic carbocycles. The van der Waals surface area contributed by atoms with Crippen LogP contribution in [0.25, 0.3) is 21.9 Å². The number of halogens is 1. The molecule has 0 spiro atoms. The van der Waals surface area contributed by atoms with Gasteiger partial charge in [-0.15, -0.1) is 16.7 Å². The number of aromatic nitrogens is 4.